The number of rotatable bonds is 6. The van der Waals surface area contributed by atoms with Crippen LogP contribution >= 0.6 is 11.6 Å². The Morgan fingerprint density at radius 2 is 1.61 bits per heavy atom. The Hall–Kier alpha value is -3.77. The number of aryl methyl sites for hydroxylation is 2. The molecule has 0 atom stereocenters. The van der Waals surface area contributed by atoms with Crippen LogP contribution in [0.4, 0.5) is 11.4 Å². The standard InChI is InChI=1S/C26H23ClN2O4/c1-15-6-5-7-19(12-15)29-25(30)23(17-9-11-21(32-3)22(13-17)33-4)24(26(29)31)28-20-14-18(27)10-8-16(20)2/h5-14,28H,1-4H3. The zero-order valence-electron chi connectivity index (χ0n) is 18.7. The Morgan fingerprint density at radius 3 is 2.30 bits per heavy atom. The molecule has 2 amide bonds. The van der Waals surface area contributed by atoms with Crippen molar-refractivity contribution in [2.24, 2.45) is 0 Å². The van der Waals surface area contributed by atoms with Crippen LogP contribution in [0.15, 0.2) is 66.4 Å². The van der Waals surface area contributed by atoms with Crippen molar-refractivity contribution >= 4 is 40.4 Å². The number of methoxy groups -OCH3 is 2. The molecule has 0 spiro atoms. The number of imide groups is 1. The van der Waals surface area contributed by atoms with Crippen molar-refractivity contribution in [3.63, 3.8) is 0 Å². The van der Waals surface area contributed by atoms with Gasteiger partial charge in [-0.25, -0.2) is 4.90 Å². The van der Waals surface area contributed by atoms with Gasteiger partial charge in [-0.1, -0.05) is 35.9 Å². The minimum atomic E-state index is -0.449. The second-order valence-electron chi connectivity index (χ2n) is 7.69. The van der Waals surface area contributed by atoms with Gasteiger partial charge < -0.3 is 14.8 Å². The van der Waals surface area contributed by atoms with Crippen molar-refractivity contribution < 1.29 is 19.1 Å². The first-order valence-corrected chi connectivity index (χ1v) is 10.7. The first-order valence-electron chi connectivity index (χ1n) is 10.3. The lowest BCUT2D eigenvalue weighted by Crippen LogP contribution is -2.32. The summed E-state index contributed by atoms with van der Waals surface area (Å²) in [5.41, 5.74) is 3.90. The summed E-state index contributed by atoms with van der Waals surface area (Å²) in [6.45, 7) is 3.81. The van der Waals surface area contributed by atoms with Gasteiger partial charge in [-0.2, -0.15) is 0 Å². The van der Waals surface area contributed by atoms with E-state index in [2.05, 4.69) is 5.32 Å². The average molecular weight is 463 g/mol. The number of hydrogen-bond acceptors (Lipinski definition) is 5. The molecular weight excluding hydrogens is 440 g/mol. The molecular formula is C26H23ClN2O4. The van der Waals surface area contributed by atoms with Gasteiger partial charge in [0.15, 0.2) is 11.5 Å². The van der Waals surface area contributed by atoms with Crippen molar-refractivity contribution in [2.45, 2.75) is 13.8 Å². The maximum Gasteiger partial charge on any atom is 0.282 e. The molecule has 1 aliphatic rings. The van der Waals surface area contributed by atoms with E-state index in [1.165, 1.54) is 19.1 Å². The summed E-state index contributed by atoms with van der Waals surface area (Å²) in [5.74, 6) is 0.0964. The average Bonchev–Trinajstić information content (AvgIpc) is 3.05. The molecule has 0 aromatic heterocycles. The summed E-state index contributed by atoms with van der Waals surface area (Å²) in [5, 5.41) is 3.69. The van der Waals surface area contributed by atoms with Crippen LogP contribution in [0.5, 0.6) is 11.5 Å². The summed E-state index contributed by atoms with van der Waals surface area (Å²) < 4.78 is 10.7. The molecule has 7 heteroatoms. The first kappa shape index (κ1) is 22.4. The van der Waals surface area contributed by atoms with Crippen LogP contribution in [0.25, 0.3) is 5.57 Å². The number of halogens is 1. The van der Waals surface area contributed by atoms with Crippen LogP contribution in [0.3, 0.4) is 0 Å². The minimum Gasteiger partial charge on any atom is -0.493 e. The molecule has 168 valence electrons. The Morgan fingerprint density at radius 1 is 0.848 bits per heavy atom. The normalized spacial score (nSPS) is 13.5. The fourth-order valence-electron chi connectivity index (χ4n) is 3.77. The highest BCUT2D eigenvalue weighted by Crippen LogP contribution is 2.38. The molecule has 4 rings (SSSR count). The number of ether oxygens (including phenoxy) is 2. The van der Waals surface area contributed by atoms with Gasteiger partial charge in [-0.15, -0.1) is 0 Å². The molecule has 0 fully saturated rings. The lowest BCUT2D eigenvalue weighted by Gasteiger charge is -2.16. The van der Waals surface area contributed by atoms with E-state index in [1.54, 1.807) is 42.5 Å². The highest BCUT2D eigenvalue weighted by Gasteiger charge is 2.40. The summed E-state index contributed by atoms with van der Waals surface area (Å²) in [6.07, 6.45) is 0. The quantitative estimate of drug-likeness (QED) is 0.499. The topological polar surface area (TPSA) is 67.9 Å². The molecule has 0 aliphatic carbocycles. The molecule has 33 heavy (non-hydrogen) atoms. The molecule has 0 unspecified atom stereocenters. The van der Waals surface area contributed by atoms with Crippen molar-refractivity contribution in [1.82, 2.24) is 0 Å². The van der Waals surface area contributed by atoms with Crippen molar-refractivity contribution in [3.05, 3.63) is 88.1 Å². The number of benzene rings is 3. The number of nitrogens with one attached hydrogen (secondary N) is 1. The number of carbonyl (C=O) groups excluding carboxylic acids is 2. The third-order valence-corrected chi connectivity index (χ3v) is 5.71. The lowest BCUT2D eigenvalue weighted by molar-refractivity contribution is -0.120. The largest absolute Gasteiger partial charge is 0.493 e. The van der Waals surface area contributed by atoms with E-state index in [0.717, 1.165) is 11.1 Å². The fourth-order valence-corrected chi connectivity index (χ4v) is 3.94. The SMILES string of the molecule is COc1ccc(C2=C(Nc3cc(Cl)ccc3C)C(=O)N(c3cccc(C)c3)C2=O)cc1OC. The smallest absolute Gasteiger partial charge is 0.282 e. The Labute approximate surface area is 197 Å². The van der Waals surface area contributed by atoms with E-state index in [1.807, 2.05) is 32.0 Å². The van der Waals surface area contributed by atoms with E-state index in [-0.39, 0.29) is 11.3 Å². The highest BCUT2D eigenvalue weighted by molar-refractivity contribution is 6.46. The number of anilines is 2. The van der Waals surface area contributed by atoms with Gasteiger partial charge in [0.2, 0.25) is 0 Å². The molecule has 0 saturated heterocycles. The number of hydrogen-bond donors (Lipinski definition) is 1. The maximum absolute atomic E-state index is 13.6. The summed E-state index contributed by atoms with van der Waals surface area (Å²) >= 11 is 6.19. The predicted octanol–water partition coefficient (Wildman–Crippen LogP) is 5.37. The lowest BCUT2D eigenvalue weighted by atomic mass is 10.0. The molecule has 1 aliphatic heterocycles. The Balaban J connectivity index is 1.88. The van der Waals surface area contributed by atoms with E-state index in [9.17, 15) is 9.59 Å². The minimum absolute atomic E-state index is 0.166. The molecule has 0 bridgehead atoms. The van der Waals surface area contributed by atoms with Crippen molar-refractivity contribution in [1.29, 1.82) is 0 Å². The Bertz CT molecular complexity index is 1300. The van der Waals surface area contributed by atoms with Crippen LogP contribution in [0, 0.1) is 13.8 Å². The van der Waals surface area contributed by atoms with Crippen LogP contribution < -0.4 is 19.7 Å². The van der Waals surface area contributed by atoms with E-state index < -0.39 is 11.8 Å². The maximum atomic E-state index is 13.6. The van der Waals surface area contributed by atoms with Gasteiger partial charge in [-0.3, -0.25) is 9.59 Å². The van der Waals surface area contributed by atoms with Crippen LogP contribution in [-0.4, -0.2) is 26.0 Å². The molecule has 0 saturated carbocycles. The van der Waals surface area contributed by atoms with E-state index >= 15 is 0 Å². The monoisotopic (exact) mass is 462 g/mol. The molecule has 1 N–H and O–H groups in total. The Kier molecular flexibility index (Phi) is 6.11. The zero-order valence-corrected chi connectivity index (χ0v) is 19.5. The van der Waals surface area contributed by atoms with Gasteiger partial charge in [-0.05, 0) is 66.9 Å². The molecule has 1 heterocycles. The van der Waals surface area contributed by atoms with Gasteiger partial charge >= 0.3 is 0 Å². The van der Waals surface area contributed by atoms with Crippen LogP contribution in [0.1, 0.15) is 16.7 Å². The second kappa shape index (κ2) is 9.00. The number of nitrogens with zero attached hydrogens (tertiary/aromatic N) is 1. The fraction of sp³-hybridized carbons (Fsp3) is 0.154. The molecule has 3 aromatic rings. The van der Waals surface area contributed by atoms with Gasteiger partial charge in [0, 0.05) is 10.7 Å². The highest BCUT2D eigenvalue weighted by atomic mass is 35.5. The number of carbonyl (C=O) groups is 2. The van der Waals surface area contributed by atoms with E-state index in [4.69, 9.17) is 21.1 Å². The molecule has 0 radical (unpaired) electrons. The van der Waals surface area contributed by atoms with Gasteiger partial charge in [0.25, 0.3) is 11.8 Å². The van der Waals surface area contributed by atoms with Gasteiger partial charge in [0.05, 0.1) is 25.5 Å². The second-order valence-corrected chi connectivity index (χ2v) is 8.13. The third-order valence-electron chi connectivity index (χ3n) is 5.48. The first-order chi connectivity index (χ1) is 15.8. The van der Waals surface area contributed by atoms with Crippen molar-refractivity contribution in [2.75, 3.05) is 24.4 Å². The zero-order chi connectivity index (χ0) is 23.7. The van der Waals surface area contributed by atoms with Crippen molar-refractivity contribution in [3.8, 4) is 11.5 Å². The summed E-state index contributed by atoms with van der Waals surface area (Å²) in [6, 6.07) is 17.7. The number of amides is 2. The predicted molar refractivity (Wildman–Crippen MR) is 130 cm³/mol. The molecule has 6 nitrogen and oxygen atoms in total. The van der Waals surface area contributed by atoms with E-state index in [0.29, 0.717) is 33.5 Å². The van der Waals surface area contributed by atoms with Crippen LogP contribution in [0.2, 0.25) is 5.02 Å². The third kappa shape index (κ3) is 4.17. The van der Waals surface area contributed by atoms with Gasteiger partial charge in [0.1, 0.15) is 5.70 Å². The van der Waals surface area contributed by atoms with Crippen LogP contribution in [-0.2, 0) is 9.59 Å². The summed E-state index contributed by atoms with van der Waals surface area (Å²) in [4.78, 5) is 28.4. The summed E-state index contributed by atoms with van der Waals surface area (Å²) in [7, 11) is 3.06. The molecule has 3 aromatic carbocycles.